The van der Waals surface area contributed by atoms with E-state index in [0.29, 0.717) is 0 Å². The number of imidazole rings is 1. The van der Waals surface area contributed by atoms with Crippen molar-refractivity contribution in [2.45, 2.75) is 6.92 Å². The van der Waals surface area contributed by atoms with Crippen molar-refractivity contribution in [2.24, 2.45) is 0 Å². The van der Waals surface area contributed by atoms with Crippen LogP contribution in [0.3, 0.4) is 0 Å². The molecule has 0 spiro atoms. The van der Waals surface area contributed by atoms with Crippen molar-refractivity contribution in [1.29, 1.82) is 0 Å². The molecule has 0 aliphatic carbocycles. The Morgan fingerprint density at radius 1 is 1.31 bits per heavy atom. The maximum atomic E-state index is 4.41. The van der Waals surface area contributed by atoms with Crippen LogP contribution in [-0.2, 0) is 0 Å². The number of aryl methyl sites for hydroxylation is 1. The third-order valence-corrected chi connectivity index (χ3v) is 3.22. The van der Waals surface area contributed by atoms with Crippen molar-refractivity contribution < 1.29 is 0 Å². The van der Waals surface area contributed by atoms with Crippen LogP contribution in [0.2, 0.25) is 0 Å². The fourth-order valence-electron chi connectivity index (χ4n) is 1.59. The predicted molar refractivity (Wildman–Crippen MR) is 56.2 cm³/mol. The number of aromatic amines is 1. The van der Waals surface area contributed by atoms with Gasteiger partial charge < -0.3 is 4.98 Å². The van der Waals surface area contributed by atoms with E-state index in [4.69, 9.17) is 0 Å². The molecular formula is C10H8N2S. The fourth-order valence-corrected chi connectivity index (χ4v) is 2.67. The van der Waals surface area contributed by atoms with Gasteiger partial charge in [-0.3, -0.25) is 0 Å². The van der Waals surface area contributed by atoms with Gasteiger partial charge in [0.2, 0.25) is 0 Å². The Morgan fingerprint density at radius 2 is 2.15 bits per heavy atom. The van der Waals surface area contributed by atoms with E-state index in [2.05, 4.69) is 34.2 Å². The Kier molecular flexibility index (Phi) is 1.27. The zero-order chi connectivity index (χ0) is 8.84. The van der Waals surface area contributed by atoms with Gasteiger partial charge in [-0.1, -0.05) is 18.2 Å². The smallest absolute Gasteiger partial charge is 0.142 e. The Labute approximate surface area is 79.2 Å². The average Bonchev–Trinajstić information content (AvgIpc) is 2.60. The lowest BCUT2D eigenvalue weighted by Crippen LogP contribution is -1.70. The minimum atomic E-state index is 0.993. The summed E-state index contributed by atoms with van der Waals surface area (Å²) in [5, 5.41) is 1.28. The van der Waals surface area contributed by atoms with Crippen LogP contribution in [0.5, 0.6) is 0 Å². The second-order valence-corrected chi connectivity index (χ2v) is 4.13. The molecule has 2 nitrogen and oxygen atoms in total. The van der Waals surface area contributed by atoms with Crippen molar-refractivity contribution in [3.63, 3.8) is 0 Å². The molecule has 0 saturated carbocycles. The molecule has 3 aromatic rings. The molecule has 0 radical (unpaired) electrons. The monoisotopic (exact) mass is 188 g/mol. The molecular weight excluding hydrogens is 180 g/mol. The van der Waals surface area contributed by atoms with E-state index in [-0.39, 0.29) is 0 Å². The molecule has 2 aromatic heterocycles. The number of thiophene rings is 1. The summed E-state index contributed by atoms with van der Waals surface area (Å²) in [6, 6.07) is 8.38. The number of nitrogens with one attached hydrogen (secondary N) is 1. The largest absolute Gasteiger partial charge is 0.341 e. The Hall–Kier alpha value is -1.35. The zero-order valence-corrected chi connectivity index (χ0v) is 7.98. The van der Waals surface area contributed by atoms with E-state index >= 15 is 0 Å². The number of fused-ring (bicyclic) bond motifs is 3. The summed E-state index contributed by atoms with van der Waals surface area (Å²) >= 11 is 1.74. The summed E-state index contributed by atoms with van der Waals surface area (Å²) < 4.78 is 1.30. The van der Waals surface area contributed by atoms with Gasteiger partial charge in [0.05, 0.1) is 5.52 Å². The minimum absolute atomic E-state index is 0.993. The van der Waals surface area contributed by atoms with Gasteiger partial charge in [-0.15, -0.1) is 11.3 Å². The number of H-pyrrole nitrogens is 1. The maximum Gasteiger partial charge on any atom is 0.142 e. The molecule has 1 N–H and O–H groups in total. The van der Waals surface area contributed by atoms with Crippen molar-refractivity contribution in [2.75, 3.05) is 0 Å². The van der Waals surface area contributed by atoms with Gasteiger partial charge in [-0.25, -0.2) is 4.98 Å². The summed E-state index contributed by atoms with van der Waals surface area (Å²) in [6.45, 7) is 1.99. The Bertz CT molecular complexity index is 577. The number of rotatable bonds is 0. The topological polar surface area (TPSA) is 28.7 Å². The van der Waals surface area contributed by atoms with Crippen LogP contribution in [0.15, 0.2) is 24.3 Å². The van der Waals surface area contributed by atoms with Crippen LogP contribution in [-0.4, -0.2) is 9.97 Å². The van der Waals surface area contributed by atoms with Gasteiger partial charge in [0.25, 0.3) is 0 Å². The van der Waals surface area contributed by atoms with E-state index in [1.165, 1.54) is 15.6 Å². The van der Waals surface area contributed by atoms with Crippen molar-refractivity contribution in [1.82, 2.24) is 9.97 Å². The Morgan fingerprint density at radius 3 is 3.08 bits per heavy atom. The third-order valence-electron chi connectivity index (χ3n) is 2.15. The van der Waals surface area contributed by atoms with Crippen LogP contribution in [0.4, 0.5) is 0 Å². The summed E-state index contributed by atoms with van der Waals surface area (Å²) in [5.41, 5.74) is 1.18. The van der Waals surface area contributed by atoms with Gasteiger partial charge in [0, 0.05) is 10.1 Å². The van der Waals surface area contributed by atoms with E-state index < -0.39 is 0 Å². The number of hydrogen-bond acceptors (Lipinski definition) is 2. The van der Waals surface area contributed by atoms with Gasteiger partial charge in [0.1, 0.15) is 10.7 Å². The lowest BCUT2D eigenvalue weighted by atomic mass is 10.2. The first kappa shape index (κ1) is 7.09. The molecule has 1 aromatic carbocycles. The molecule has 0 atom stereocenters. The van der Waals surface area contributed by atoms with E-state index in [1.54, 1.807) is 11.3 Å². The van der Waals surface area contributed by atoms with Crippen molar-refractivity contribution in [3.05, 3.63) is 30.1 Å². The van der Waals surface area contributed by atoms with Crippen LogP contribution < -0.4 is 0 Å². The standard InChI is InChI=1S/C10H8N2S/c1-6-11-9-7-4-2-3-5-8(7)13-10(9)12-6/h2-5H,1H3,(H,11,12). The molecule has 2 heterocycles. The molecule has 0 aliphatic rings. The summed E-state index contributed by atoms with van der Waals surface area (Å²) in [6.07, 6.45) is 0. The molecule has 64 valence electrons. The molecule has 0 aliphatic heterocycles. The van der Waals surface area contributed by atoms with Gasteiger partial charge in [0.15, 0.2) is 0 Å². The summed E-state index contributed by atoms with van der Waals surface area (Å²) in [4.78, 5) is 8.80. The van der Waals surface area contributed by atoms with Crippen LogP contribution in [0.1, 0.15) is 5.82 Å². The Balaban J connectivity index is 2.60. The van der Waals surface area contributed by atoms with Gasteiger partial charge >= 0.3 is 0 Å². The summed E-state index contributed by atoms with van der Waals surface area (Å²) in [5.74, 6) is 0.993. The first-order valence-electron chi connectivity index (χ1n) is 4.18. The average molecular weight is 188 g/mol. The second-order valence-electron chi connectivity index (χ2n) is 3.10. The molecule has 0 unspecified atom stereocenters. The number of hydrogen-bond donors (Lipinski definition) is 1. The highest BCUT2D eigenvalue weighted by atomic mass is 32.1. The van der Waals surface area contributed by atoms with E-state index in [1.807, 2.05) is 6.92 Å². The normalized spacial score (nSPS) is 11.5. The first-order valence-corrected chi connectivity index (χ1v) is 5.00. The van der Waals surface area contributed by atoms with Gasteiger partial charge in [-0.05, 0) is 13.0 Å². The zero-order valence-electron chi connectivity index (χ0n) is 7.16. The van der Waals surface area contributed by atoms with Crippen molar-refractivity contribution >= 4 is 31.8 Å². The lowest BCUT2D eigenvalue weighted by molar-refractivity contribution is 1.17. The summed E-state index contributed by atoms with van der Waals surface area (Å²) in [7, 11) is 0. The number of aromatic nitrogens is 2. The third kappa shape index (κ3) is 0.906. The molecule has 3 rings (SSSR count). The highest BCUT2D eigenvalue weighted by molar-refractivity contribution is 7.25. The SMILES string of the molecule is Cc1nc2sc3ccccc3c2[nH]1. The predicted octanol–water partition coefficient (Wildman–Crippen LogP) is 3.09. The molecule has 0 fully saturated rings. The molecule has 0 bridgehead atoms. The van der Waals surface area contributed by atoms with Crippen LogP contribution >= 0.6 is 11.3 Å². The molecule has 3 heteroatoms. The van der Waals surface area contributed by atoms with Gasteiger partial charge in [-0.2, -0.15) is 0 Å². The minimum Gasteiger partial charge on any atom is -0.341 e. The number of benzene rings is 1. The first-order chi connectivity index (χ1) is 6.34. The molecule has 0 amide bonds. The lowest BCUT2D eigenvalue weighted by Gasteiger charge is -1.86. The van der Waals surface area contributed by atoms with Crippen LogP contribution in [0.25, 0.3) is 20.4 Å². The quantitative estimate of drug-likeness (QED) is 0.577. The highest BCUT2D eigenvalue weighted by Gasteiger charge is 2.06. The second kappa shape index (κ2) is 2.33. The van der Waals surface area contributed by atoms with Crippen LogP contribution in [0, 0.1) is 6.92 Å². The van der Waals surface area contributed by atoms with E-state index in [0.717, 1.165) is 10.7 Å². The van der Waals surface area contributed by atoms with E-state index in [9.17, 15) is 0 Å². The fraction of sp³-hybridized carbons (Fsp3) is 0.100. The molecule has 13 heavy (non-hydrogen) atoms. The highest BCUT2D eigenvalue weighted by Crippen LogP contribution is 2.31. The van der Waals surface area contributed by atoms with Crippen molar-refractivity contribution in [3.8, 4) is 0 Å². The molecule has 0 saturated heterocycles. The number of nitrogens with zero attached hydrogens (tertiary/aromatic N) is 1. The maximum absolute atomic E-state index is 4.41.